The second-order valence-electron chi connectivity index (χ2n) is 3.35. The molecule has 0 saturated heterocycles. The van der Waals surface area contributed by atoms with Crippen LogP contribution in [0.1, 0.15) is 32.3 Å². The van der Waals surface area contributed by atoms with Gasteiger partial charge in [-0.25, -0.2) is 0 Å². The minimum atomic E-state index is 0.0605. The maximum Gasteiger partial charge on any atom is 0.0703 e. The first-order chi connectivity index (χ1) is 6.81. The van der Waals surface area contributed by atoms with Crippen molar-refractivity contribution in [1.82, 2.24) is 4.98 Å². The van der Waals surface area contributed by atoms with Gasteiger partial charge in [-0.05, 0) is 18.9 Å². The van der Waals surface area contributed by atoms with Crippen LogP contribution in [0.5, 0.6) is 0 Å². The largest absolute Gasteiger partial charge is 0.392 e. The molecule has 0 spiro atoms. The highest BCUT2D eigenvalue weighted by atomic mass is 16.3. The van der Waals surface area contributed by atoms with Crippen molar-refractivity contribution in [3.05, 3.63) is 24.0 Å². The Hall–Kier alpha value is -1.09. The lowest BCUT2D eigenvalue weighted by Gasteiger charge is -2.17. The van der Waals surface area contributed by atoms with Gasteiger partial charge >= 0.3 is 0 Å². The molecule has 0 aliphatic rings. The van der Waals surface area contributed by atoms with Gasteiger partial charge in [-0.2, -0.15) is 0 Å². The topological polar surface area (TPSA) is 45.2 Å². The first kappa shape index (κ1) is 11.0. The molecule has 0 fully saturated rings. The van der Waals surface area contributed by atoms with Gasteiger partial charge in [0.15, 0.2) is 0 Å². The number of aromatic nitrogens is 1. The summed E-state index contributed by atoms with van der Waals surface area (Å²) in [6.45, 7) is 4.36. The van der Waals surface area contributed by atoms with Crippen LogP contribution < -0.4 is 5.32 Å². The molecular formula is C11H18N2O. The lowest BCUT2D eigenvalue weighted by Crippen LogP contribution is -2.18. The van der Waals surface area contributed by atoms with Crippen LogP contribution >= 0.6 is 0 Å². The van der Waals surface area contributed by atoms with E-state index in [0.717, 1.165) is 24.1 Å². The van der Waals surface area contributed by atoms with Crippen LogP contribution in [0.2, 0.25) is 0 Å². The third kappa shape index (κ3) is 2.70. The lowest BCUT2D eigenvalue weighted by molar-refractivity contribution is 0.282. The molecule has 0 bridgehead atoms. The molecular weight excluding hydrogens is 176 g/mol. The fourth-order valence-electron chi connectivity index (χ4n) is 1.40. The minimum Gasteiger partial charge on any atom is -0.392 e. The number of nitrogens with zero attached hydrogens (tertiary/aromatic N) is 1. The highest BCUT2D eigenvalue weighted by Gasteiger charge is 2.06. The number of rotatable bonds is 5. The zero-order valence-corrected chi connectivity index (χ0v) is 8.83. The summed E-state index contributed by atoms with van der Waals surface area (Å²) in [6.07, 6.45) is 5.63. The number of hydrogen-bond donors (Lipinski definition) is 2. The quantitative estimate of drug-likeness (QED) is 0.755. The van der Waals surface area contributed by atoms with Gasteiger partial charge in [-0.15, -0.1) is 0 Å². The smallest absolute Gasteiger partial charge is 0.0703 e. The third-order valence-electron chi connectivity index (χ3n) is 2.43. The maximum atomic E-state index is 9.11. The monoisotopic (exact) mass is 194 g/mol. The molecule has 0 atom stereocenters. The third-order valence-corrected chi connectivity index (χ3v) is 2.43. The summed E-state index contributed by atoms with van der Waals surface area (Å²) in [5.74, 6) is 0. The van der Waals surface area contributed by atoms with Gasteiger partial charge in [0.1, 0.15) is 0 Å². The van der Waals surface area contributed by atoms with E-state index >= 15 is 0 Å². The van der Waals surface area contributed by atoms with Crippen molar-refractivity contribution in [2.45, 2.75) is 39.3 Å². The van der Waals surface area contributed by atoms with Crippen molar-refractivity contribution < 1.29 is 5.11 Å². The molecule has 0 aliphatic carbocycles. The molecule has 0 aromatic carbocycles. The number of aliphatic hydroxyl groups excluding tert-OH is 1. The number of pyridine rings is 1. The first-order valence-electron chi connectivity index (χ1n) is 5.12. The van der Waals surface area contributed by atoms with E-state index in [0.29, 0.717) is 6.04 Å². The van der Waals surface area contributed by atoms with Gasteiger partial charge in [0.25, 0.3) is 0 Å². The van der Waals surface area contributed by atoms with E-state index in [1.807, 2.05) is 6.07 Å². The Morgan fingerprint density at radius 1 is 1.43 bits per heavy atom. The predicted octanol–water partition coefficient (Wildman–Crippen LogP) is 2.17. The van der Waals surface area contributed by atoms with Gasteiger partial charge in [0.2, 0.25) is 0 Å². The second-order valence-corrected chi connectivity index (χ2v) is 3.35. The van der Waals surface area contributed by atoms with E-state index in [-0.39, 0.29) is 6.61 Å². The van der Waals surface area contributed by atoms with Crippen LogP contribution in [-0.4, -0.2) is 16.1 Å². The highest BCUT2D eigenvalue weighted by Crippen LogP contribution is 2.16. The number of anilines is 1. The van der Waals surface area contributed by atoms with Crippen LogP contribution in [0.4, 0.5) is 5.69 Å². The van der Waals surface area contributed by atoms with Crippen molar-refractivity contribution in [2.24, 2.45) is 0 Å². The van der Waals surface area contributed by atoms with Crippen LogP contribution in [0.15, 0.2) is 18.5 Å². The Morgan fingerprint density at radius 3 is 2.71 bits per heavy atom. The molecule has 2 N–H and O–H groups in total. The van der Waals surface area contributed by atoms with Gasteiger partial charge < -0.3 is 10.4 Å². The van der Waals surface area contributed by atoms with Crippen molar-refractivity contribution >= 4 is 5.69 Å². The Morgan fingerprint density at radius 2 is 2.14 bits per heavy atom. The molecule has 0 unspecified atom stereocenters. The number of nitrogens with one attached hydrogen (secondary N) is 1. The standard InChI is InChI=1S/C11H18N2O/c1-3-10(4-2)13-11-7-12-6-5-9(11)8-14/h5-7,10,13-14H,3-4,8H2,1-2H3. The van der Waals surface area contributed by atoms with E-state index in [9.17, 15) is 0 Å². The fraction of sp³-hybridized carbons (Fsp3) is 0.545. The molecule has 78 valence electrons. The molecule has 1 aromatic rings. The second kappa shape index (κ2) is 5.60. The summed E-state index contributed by atoms with van der Waals surface area (Å²) in [5.41, 5.74) is 1.86. The number of hydrogen-bond acceptors (Lipinski definition) is 3. The summed E-state index contributed by atoms with van der Waals surface area (Å²) in [7, 11) is 0. The van der Waals surface area contributed by atoms with E-state index in [1.165, 1.54) is 0 Å². The van der Waals surface area contributed by atoms with E-state index in [2.05, 4.69) is 24.1 Å². The highest BCUT2D eigenvalue weighted by molar-refractivity contribution is 5.49. The minimum absolute atomic E-state index is 0.0605. The van der Waals surface area contributed by atoms with Crippen LogP contribution in [-0.2, 0) is 6.61 Å². The van der Waals surface area contributed by atoms with Crippen molar-refractivity contribution in [3.8, 4) is 0 Å². The van der Waals surface area contributed by atoms with Crippen molar-refractivity contribution in [1.29, 1.82) is 0 Å². The van der Waals surface area contributed by atoms with E-state index in [1.54, 1.807) is 12.4 Å². The maximum absolute atomic E-state index is 9.11. The van der Waals surface area contributed by atoms with Crippen molar-refractivity contribution in [3.63, 3.8) is 0 Å². The van der Waals surface area contributed by atoms with Gasteiger partial charge in [0.05, 0.1) is 18.5 Å². The Balaban J connectivity index is 2.74. The predicted molar refractivity (Wildman–Crippen MR) is 58.2 cm³/mol. The Kier molecular flexibility index (Phi) is 4.40. The molecule has 0 amide bonds. The Bertz CT molecular complexity index is 272. The molecule has 0 radical (unpaired) electrons. The molecule has 0 aliphatic heterocycles. The fourth-order valence-corrected chi connectivity index (χ4v) is 1.40. The summed E-state index contributed by atoms with van der Waals surface area (Å²) in [4.78, 5) is 4.04. The van der Waals surface area contributed by atoms with E-state index < -0.39 is 0 Å². The first-order valence-corrected chi connectivity index (χ1v) is 5.12. The molecule has 14 heavy (non-hydrogen) atoms. The van der Waals surface area contributed by atoms with Crippen LogP contribution in [0.3, 0.4) is 0 Å². The zero-order chi connectivity index (χ0) is 10.4. The SMILES string of the molecule is CCC(CC)Nc1cnccc1CO. The summed E-state index contributed by atoms with van der Waals surface area (Å²) < 4.78 is 0. The summed E-state index contributed by atoms with van der Waals surface area (Å²) >= 11 is 0. The Labute approximate surface area is 85.2 Å². The number of aliphatic hydroxyl groups is 1. The molecule has 1 aromatic heterocycles. The van der Waals surface area contributed by atoms with Crippen LogP contribution in [0.25, 0.3) is 0 Å². The molecule has 1 rings (SSSR count). The van der Waals surface area contributed by atoms with Gasteiger partial charge in [-0.3, -0.25) is 4.98 Å². The van der Waals surface area contributed by atoms with Crippen molar-refractivity contribution in [2.75, 3.05) is 5.32 Å². The molecule has 0 saturated carbocycles. The molecule has 3 nitrogen and oxygen atoms in total. The summed E-state index contributed by atoms with van der Waals surface area (Å²) in [5, 5.41) is 12.5. The van der Waals surface area contributed by atoms with E-state index in [4.69, 9.17) is 5.11 Å². The molecule has 1 heterocycles. The average molecular weight is 194 g/mol. The van der Waals surface area contributed by atoms with Gasteiger partial charge in [-0.1, -0.05) is 13.8 Å². The molecule has 3 heteroatoms. The van der Waals surface area contributed by atoms with Crippen LogP contribution in [0, 0.1) is 0 Å². The zero-order valence-electron chi connectivity index (χ0n) is 8.83. The summed E-state index contributed by atoms with van der Waals surface area (Å²) in [6, 6.07) is 2.30. The van der Waals surface area contributed by atoms with Gasteiger partial charge in [0, 0.05) is 17.8 Å². The average Bonchev–Trinajstić information content (AvgIpc) is 2.26. The normalized spacial score (nSPS) is 10.6. The lowest BCUT2D eigenvalue weighted by atomic mass is 10.1.